The summed E-state index contributed by atoms with van der Waals surface area (Å²) in [5.41, 5.74) is 0. The number of carbonyl (C=O) groups is 2. The molecule has 2 fully saturated rings. The third-order valence-corrected chi connectivity index (χ3v) is 2.03. The molecule has 2 aliphatic heterocycles. The van der Waals surface area contributed by atoms with E-state index in [2.05, 4.69) is 9.47 Å². The number of rotatable bonds is 6. The number of carbonyl (C=O) groups excluding carboxylic acids is 2. The molecule has 84 valence electrons. The molecule has 2 rings (SSSR count). The summed E-state index contributed by atoms with van der Waals surface area (Å²) in [6.07, 6.45) is 0.438. The molecule has 0 radical (unpaired) electrons. The van der Waals surface area contributed by atoms with E-state index in [1.807, 2.05) is 0 Å². The van der Waals surface area contributed by atoms with Crippen molar-refractivity contribution >= 4 is 11.9 Å². The van der Waals surface area contributed by atoms with E-state index >= 15 is 0 Å². The Bertz CT molecular complexity index is 229. The zero-order chi connectivity index (χ0) is 10.7. The highest BCUT2D eigenvalue weighted by atomic mass is 16.7. The summed E-state index contributed by atoms with van der Waals surface area (Å²) in [5.74, 6) is -0.819. The maximum atomic E-state index is 11.0. The maximum Gasteiger partial charge on any atom is 0.311 e. The van der Waals surface area contributed by atoms with Gasteiger partial charge in [0.25, 0.3) is 0 Å². The Morgan fingerprint density at radius 1 is 1.00 bits per heavy atom. The first-order chi connectivity index (χ1) is 7.24. The van der Waals surface area contributed by atoms with Gasteiger partial charge in [0.2, 0.25) is 6.79 Å². The van der Waals surface area contributed by atoms with E-state index in [4.69, 9.17) is 9.47 Å². The molecule has 0 aliphatic carbocycles. The van der Waals surface area contributed by atoms with Crippen molar-refractivity contribution in [1.29, 1.82) is 0 Å². The maximum absolute atomic E-state index is 11.0. The summed E-state index contributed by atoms with van der Waals surface area (Å²) in [6, 6.07) is 0. The minimum Gasteiger partial charge on any atom is -0.428 e. The molecule has 0 bridgehead atoms. The Labute approximate surface area is 86.4 Å². The Morgan fingerprint density at radius 2 is 1.40 bits per heavy atom. The second kappa shape index (κ2) is 4.59. The fraction of sp³-hybridized carbons (Fsp3) is 0.778. The largest absolute Gasteiger partial charge is 0.428 e. The highest BCUT2D eigenvalue weighted by Gasteiger charge is 2.28. The topological polar surface area (TPSA) is 77.7 Å². The summed E-state index contributed by atoms with van der Waals surface area (Å²) >= 11 is 0. The SMILES string of the molecule is O=C(CC1CO1)OCOC(=O)CC1CO1. The molecule has 0 aromatic rings. The number of hydrogen-bond acceptors (Lipinski definition) is 6. The second-order valence-corrected chi connectivity index (χ2v) is 3.47. The number of hydrogen-bond donors (Lipinski definition) is 0. The Hall–Kier alpha value is -1.14. The molecule has 6 heteroatoms. The van der Waals surface area contributed by atoms with Crippen molar-refractivity contribution in [3.63, 3.8) is 0 Å². The average Bonchev–Trinajstić information content (AvgIpc) is 2.99. The van der Waals surface area contributed by atoms with Crippen molar-refractivity contribution in [3.05, 3.63) is 0 Å². The molecule has 2 unspecified atom stereocenters. The molecule has 0 amide bonds. The molecular formula is C9H12O6. The quantitative estimate of drug-likeness (QED) is 0.342. The molecule has 2 aliphatic rings. The molecule has 6 nitrogen and oxygen atoms in total. The second-order valence-electron chi connectivity index (χ2n) is 3.47. The van der Waals surface area contributed by atoms with Crippen LogP contribution in [0.5, 0.6) is 0 Å². The average molecular weight is 216 g/mol. The van der Waals surface area contributed by atoms with Crippen LogP contribution in [0.1, 0.15) is 12.8 Å². The van der Waals surface area contributed by atoms with Crippen LogP contribution in [0.2, 0.25) is 0 Å². The van der Waals surface area contributed by atoms with Gasteiger partial charge in [0.1, 0.15) is 0 Å². The van der Waals surface area contributed by atoms with Crippen molar-refractivity contribution in [2.45, 2.75) is 25.0 Å². The lowest BCUT2D eigenvalue weighted by Gasteiger charge is -2.04. The van der Waals surface area contributed by atoms with E-state index in [-0.39, 0.29) is 31.8 Å². The van der Waals surface area contributed by atoms with E-state index in [0.29, 0.717) is 13.2 Å². The van der Waals surface area contributed by atoms with Crippen molar-refractivity contribution in [3.8, 4) is 0 Å². The zero-order valence-electron chi connectivity index (χ0n) is 8.14. The minimum absolute atomic E-state index is 0.00642. The van der Waals surface area contributed by atoms with Gasteiger partial charge >= 0.3 is 11.9 Å². The smallest absolute Gasteiger partial charge is 0.311 e. The first-order valence-corrected chi connectivity index (χ1v) is 4.78. The highest BCUT2D eigenvalue weighted by Crippen LogP contribution is 2.15. The lowest BCUT2D eigenvalue weighted by Crippen LogP contribution is -2.15. The number of ether oxygens (including phenoxy) is 4. The lowest BCUT2D eigenvalue weighted by atomic mass is 10.3. The molecule has 15 heavy (non-hydrogen) atoms. The van der Waals surface area contributed by atoms with Gasteiger partial charge in [-0.1, -0.05) is 0 Å². The van der Waals surface area contributed by atoms with Crippen LogP contribution in [-0.2, 0) is 28.5 Å². The predicted octanol–water partition coefficient (Wildman–Crippen LogP) is -0.392. The lowest BCUT2D eigenvalue weighted by molar-refractivity contribution is -0.167. The number of epoxide rings is 2. The van der Waals surface area contributed by atoms with Gasteiger partial charge in [-0.2, -0.15) is 0 Å². The van der Waals surface area contributed by atoms with Crippen LogP contribution < -0.4 is 0 Å². The number of esters is 2. The third kappa shape index (κ3) is 4.26. The standard InChI is InChI=1S/C9H12O6/c10-8(1-6-3-12-6)14-5-15-9(11)2-7-4-13-7/h6-7H,1-5H2. The Balaban J connectivity index is 1.48. The van der Waals surface area contributed by atoms with Gasteiger partial charge in [0.15, 0.2) is 0 Å². The van der Waals surface area contributed by atoms with Crippen molar-refractivity contribution in [1.82, 2.24) is 0 Å². The monoisotopic (exact) mass is 216 g/mol. The van der Waals surface area contributed by atoms with Gasteiger partial charge in [-0.25, -0.2) is 0 Å². The van der Waals surface area contributed by atoms with Gasteiger partial charge in [0.05, 0.1) is 38.3 Å². The molecule has 2 saturated heterocycles. The van der Waals surface area contributed by atoms with E-state index in [1.54, 1.807) is 0 Å². The van der Waals surface area contributed by atoms with Crippen LogP contribution in [0.3, 0.4) is 0 Å². The summed E-state index contributed by atoms with van der Waals surface area (Å²) in [4.78, 5) is 22.0. The van der Waals surface area contributed by atoms with Gasteiger partial charge < -0.3 is 18.9 Å². The van der Waals surface area contributed by atoms with Crippen molar-refractivity contribution in [2.75, 3.05) is 20.0 Å². The Morgan fingerprint density at radius 3 is 1.73 bits per heavy atom. The first-order valence-electron chi connectivity index (χ1n) is 4.78. The van der Waals surface area contributed by atoms with E-state index in [1.165, 1.54) is 0 Å². The fourth-order valence-corrected chi connectivity index (χ4v) is 1.02. The minimum atomic E-state index is -0.409. The summed E-state index contributed by atoms with van der Waals surface area (Å²) in [5, 5.41) is 0. The van der Waals surface area contributed by atoms with Gasteiger partial charge in [-0.15, -0.1) is 0 Å². The zero-order valence-corrected chi connectivity index (χ0v) is 8.14. The van der Waals surface area contributed by atoms with Crippen LogP contribution in [0, 0.1) is 0 Å². The van der Waals surface area contributed by atoms with Crippen molar-refractivity contribution in [2.24, 2.45) is 0 Å². The van der Waals surface area contributed by atoms with Gasteiger partial charge in [0, 0.05) is 0 Å². The van der Waals surface area contributed by atoms with Crippen molar-refractivity contribution < 1.29 is 28.5 Å². The molecule has 0 aromatic heterocycles. The van der Waals surface area contributed by atoms with Gasteiger partial charge in [-0.05, 0) is 0 Å². The van der Waals surface area contributed by atoms with E-state index in [0.717, 1.165) is 0 Å². The highest BCUT2D eigenvalue weighted by molar-refractivity contribution is 5.72. The molecule has 0 aromatic carbocycles. The molecule has 0 saturated carbocycles. The summed E-state index contributed by atoms with van der Waals surface area (Å²) in [6.45, 7) is 0.888. The molecular weight excluding hydrogens is 204 g/mol. The van der Waals surface area contributed by atoms with E-state index in [9.17, 15) is 9.59 Å². The summed E-state index contributed by atoms with van der Waals surface area (Å²) < 4.78 is 19.0. The van der Waals surface area contributed by atoms with Gasteiger partial charge in [-0.3, -0.25) is 9.59 Å². The molecule has 2 atom stereocenters. The molecule has 2 heterocycles. The first kappa shape index (κ1) is 10.4. The Kier molecular flexibility index (Phi) is 3.17. The normalized spacial score (nSPS) is 26.9. The molecule has 0 N–H and O–H groups in total. The van der Waals surface area contributed by atoms with Crippen LogP contribution in [0.15, 0.2) is 0 Å². The molecule has 0 spiro atoms. The predicted molar refractivity (Wildman–Crippen MR) is 45.8 cm³/mol. The van der Waals surface area contributed by atoms with Crippen LogP contribution in [0.25, 0.3) is 0 Å². The third-order valence-electron chi connectivity index (χ3n) is 2.03. The fourth-order valence-electron chi connectivity index (χ4n) is 1.02. The van der Waals surface area contributed by atoms with Crippen LogP contribution in [0.4, 0.5) is 0 Å². The van der Waals surface area contributed by atoms with E-state index < -0.39 is 11.9 Å². The van der Waals surface area contributed by atoms with Crippen LogP contribution >= 0.6 is 0 Å². The summed E-state index contributed by atoms with van der Waals surface area (Å²) in [7, 11) is 0. The van der Waals surface area contributed by atoms with Crippen LogP contribution in [-0.4, -0.2) is 44.2 Å².